The van der Waals surface area contributed by atoms with Crippen LogP contribution in [-0.2, 0) is 5.41 Å². The molecular formula is C22H24N2O4. The minimum atomic E-state index is -0.228. The summed E-state index contributed by atoms with van der Waals surface area (Å²) in [5.74, 6) is 2.14. The number of phenols is 2. The monoisotopic (exact) mass is 380 g/mol. The number of rotatable bonds is 4. The third kappa shape index (κ3) is 4.23. The Bertz CT molecular complexity index is 1010. The van der Waals surface area contributed by atoms with Crippen molar-refractivity contribution in [3.8, 4) is 34.5 Å². The lowest BCUT2D eigenvalue weighted by Gasteiger charge is -2.23. The highest BCUT2D eigenvalue weighted by molar-refractivity contribution is 5.57. The molecule has 0 fully saturated rings. The van der Waals surface area contributed by atoms with Crippen molar-refractivity contribution in [2.24, 2.45) is 0 Å². The van der Waals surface area contributed by atoms with E-state index in [4.69, 9.17) is 20.9 Å². The van der Waals surface area contributed by atoms with E-state index in [9.17, 15) is 10.2 Å². The zero-order valence-electron chi connectivity index (χ0n) is 16.1. The summed E-state index contributed by atoms with van der Waals surface area (Å²) < 4.78 is 11.8. The predicted octanol–water partition coefficient (Wildman–Crippen LogP) is 5.14. The molecule has 0 saturated heterocycles. The summed E-state index contributed by atoms with van der Waals surface area (Å²) in [4.78, 5) is 0. The molecule has 0 saturated carbocycles. The fourth-order valence-corrected chi connectivity index (χ4v) is 2.68. The Morgan fingerprint density at radius 1 is 0.679 bits per heavy atom. The van der Waals surface area contributed by atoms with Crippen LogP contribution in [0.3, 0.4) is 0 Å². The van der Waals surface area contributed by atoms with E-state index in [0.717, 1.165) is 5.56 Å². The second-order valence-electron chi connectivity index (χ2n) is 7.55. The Hall–Kier alpha value is -3.54. The van der Waals surface area contributed by atoms with Crippen LogP contribution < -0.4 is 20.9 Å². The zero-order valence-corrected chi connectivity index (χ0v) is 16.1. The zero-order chi connectivity index (χ0) is 20.5. The van der Waals surface area contributed by atoms with E-state index < -0.39 is 0 Å². The smallest absolute Gasteiger partial charge is 0.142 e. The van der Waals surface area contributed by atoms with Gasteiger partial charge in [0.05, 0.1) is 11.4 Å². The van der Waals surface area contributed by atoms with Crippen molar-refractivity contribution in [3.05, 3.63) is 60.2 Å². The summed E-state index contributed by atoms with van der Waals surface area (Å²) in [6, 6.07) is 15.0. The molecule has 0 aliphatic rings. The van der Waals surface area contributed by atoms with Crippen molar-refractivity contribution in [1.82, 2.24) is 0 Å². The Morgan fingerprint density at radius 3 is 1.64 bits per heavy atom. The molecule has 146 valence electrons. The number of aromatic hydroxyl groups is 2. The van der Waals surface area contributed by atoms with Crippen LogP contribution in [0.5, 0.6) is 34.5 Å². The Morgan fingerprint density at radius 2 is 1.14 bits per heavy atom. The Kier molecular flexibility index (Phi) is 4.96. The summed E-state index contributed by atoms with van der Waals surface area (Å²) in [6.45, 7) is 6.19. The van der Waals surface area contributed by atoms with Gasteiger partial charge >= 0.3 is 0 Å². The molecule has 0 aliphatic heterocycles. The maximum atomic E-state index is 9.80. The second-order valence-corrected chi connectivity index (χ2v) is 7.55. The average Bonchev–Trinajstić information content (AvgIpc) is 2.62. The molecule has 3 rings (SSSR count). The Labute approximate surface area is 164 Å². The minimum Gasteiger partial charge on any atom is -0.506 e. The van der Waals surface area contributed by atoms with Gasteiger partial charge < -0.3 is 31.2 Å². The first-order chi connectivity index (χ1) is 13.1. The van der Waals surface area contributed by atoms with E-state index in [1.807, 2.05) is 6.07 Å². The highest BCUT2D eigenvalue weighted by Gasteiger charge is 2.21. The van der Waals surface area contributed by atoms with Gasteiger partial charge in [-0.2, -0.15) is 0 Å². The third-order valence-corrected chi connectivity index (χ3v) is 4.23. The van der Waals surface area contributed by atoms with Crippen LogP contribution in [0.1, 0.15) is 26.3 Å². The van der Waals surface area contributed by atoms with Crippen molar-refractivity contribution >= 4 is 11.4 Å². The van der Waals surface area contributed by atoms with Crippen LogP contribution in [0.2, 0.25) is 0 Å². The third-order valence-electron chi connectivity index (χ3n) is 4.23. The van der Waals surface area contributed by atoms with Crippen LogP contribution in [0.25, 0.3) is 0 Å². The van der Waals surface area contributed by atoms with E-state index in [1.165, 1.54) is 12.1 Å². The molecule has 0 aromatic heterocycles. The molecule has 3 aromatic carbocycles. The highest BCUT2D eigenvalue weighted by atomic mass is 16.5. The lowest BCUT2D eigenvalue weighted by atomic mass is 9.86. The number of phenolic OH excluding ortho intramolecular Hbond substituents is 2. The van der Waals surface area contributed by atoms with Crippen LogP contribution in [0.4, 0.5) is 11.4 Å². The summed E-state index contributed by atoms with van der Waals surface area (Å²) in [5.41, 5.74) is 12.5. The van der Waals surface area contributed by atoms with Gasteiger partial charge in [0.1, 0.15) is 34.5 Å². The highest BCUT2D eigenvalue weighted by Crippen LogP contribution is 2.39. The SMILES string of the molecule is CC(C)(C)c1cc(Oc2ccc(N)c(O)c2)ccc1Oc1ccc(N)c(O)c1. The molecule has 0 bridgehead atoms. The number of ether oxygens (including phenoxy) is 2. The van der Waals surface area contributed by atoms with Crippen LogP contribution in [-0.4, -0.2) is 10.2 Å². The summed E-state index contributed by atoms with van der Waals surface area (Å²) >= 11 is 0. The van der Waals surface area contributed by atoms with E-state index in [0.29, 0.717) is 34.4 Å². The fraction of sp³-hybridized carbons (Fsp3) is 0.182. The summed E-state index contributed by atoms with van der Waals surface area (Å²) in [7, 11) is 0. The molecule has 6 heteroatoms. The molecule has 0 radical (unpaired) electrons. The van der Waals surface area contributed by atoms with Crippen molar-refractivity contribution < 1.29 is 19.7 Å². The average molecular weight is 380 g/mol. The number of hydrogen-bond acceptors (Lipinski definition) is 6. The lowest BCUT2D eigenvalue weighted by molar-refractivity contribution is 0.435. The first-order valence-corrected chi connectivity index (χ1v) is 8.81. The number of hydrogen-bond donors (Lipinski definition) is 4. The maximum Gasteiger partial charge on any atom is 0.142 e. The van der Waals surface area contributed by atoms with Crippen LogP contribution in [0.15, 0.2) is 54.6 Å². The molecule has 6 N–H and O–H groups in total. The topological polar surface area (TPSA) is 111 Å². The second kappa shape index (κ2) is 7.23. The largest absolute Gasteiger partial charge is 0.506 e. The molecule has 0 aliphatic carbocycles. The fourth-order valence-electron chi connectivity index (χ4n) is 2.68. The molecule has 0 heterocycles. The van der Waals surface area contributed by atoms with Gasteiger partial charge in [0, 0.05) is 17.7 Å². The molecule has 0 atom stereocenters. The van der Waals surface area contributed by atoms with E-state index >= 15 is 0 Å². The number of benzene rings is 3. The van der Waals surface area contributed by atoms with E-state index in [-0.39, 0.29) is 16.9 Å². The molecule has 0 unspecified atom stereocenters. The predicted molar refractivity (Wildman–Crippen MR) is 110 cm³/mol. The molecule has 3 aromatic rings. The first kappa shape index (κ1) is 19.2. The van der Waals surface area contributed by atoms with Gasteiger partial charge in [-0.1, -0.05) is 20.8 Å². The first-order valence-electron chi connectivity index (χ1n) is 8.81. The van der Waals surface area contributed by atoms with Gasteiger partial charge in [-0.3, -0.25) is 0 Å². The van der Waals surface area contributed by atoms with Gasteiger partial charge in [-0.25, -0.2) is 0 Å². The van der Waals surface area contributed by atoms with Crippen LogP contribution in [0, 0.1) is 0 Å². The van der Waals surface area contributed by atoms with Crippen LogP contribution >= 0.6 is 0 Å². The van der Waals surface area contributed by atoms with Crippen molar-refractivity contribution in [1.29, 1.82) is 0 Å². The van der Waals surface area contributed by atoms with E-state index in [2.05, 4.69) is 20.8 Å². The lowest BCUT2D eigenvalue weighted by Crippen LogP contribution is -2.12. The summed E-state index contributed by atoms with van der Waals surface area (Å²) in [5, 5.41) is 19.6. The van der Waals surface area contributed by atoms with Crippen molar-refractivity contribution in [3.63, 3.8) is 0 Å². The van der Waals surface area contributed by atoms with Gasteiger partial charge in [0.2, 0.25) is 0 Å². The van der Waals surface area contributed by atoms with Crippen molar-refractivity contribution in [2.75, 3.05) is 11.5 Å². The summed E-state index contributed by atoms with van der Waals surface area (Å²) in [6.07, 6.45) is 0. The van der Waals surface area contributed by atoms with Gasteiger partial charge in [0.25, 0.3) is 0 Å². The number of nitrogens with two attached hydrogens (primary N) is 2. The maximum absolute atomic E-state index is 9.80. The molecule has 6 nitrogen and oxygen atoms in total. The molecular weight excluding hydrogens is 356 g/mol. The van der Waals surface area contributed by atoms with Crippen molar-refractivity contribution in [2.45, 2.75) is 26.2 Å². The molecule has 0 amide bonds. The minimum absolute atomic E-state index is 0.0297. The molecule has 28 heavy (non-hydrogen) atoms. The van der Waals surface area contributed by atoms with Gasteiger partial charge in [-0.15, -0.1) is 0 Å². The quantitative estimate of drug-likeness (QED) is 0.368. The number of nitrogen functional groups attached to an aromatic ring is 2. The Balaban J connectivity index is 1.93. The normalized spacial score (nSPS) is 11.2. The van der Waals surface area contributed by atoms with E-state index in [1.54, 1.807) is 36.4 Å². The number of anilines is 2. The van der Waals surface area contributed by atoms with Gasteiger partial charge in [0.15, 0.2) is 0 Å². The standard InChI is InChI=1S/C22H24N2O4/c1-22(2,3)16-10-13(27-14-4-7-17(23)19(25)11-14)6-9-21(16)28-15-5-8-18(24)20(26)12-15/h4-12,25-26H,23-24H2,1-3H3. The molecule has 0 spiro atoms. The van der Waals surface area contributed by atoms with Gasteiger partial charge in [-0.05, 0) is 47.9 Å².